The fourth-order valence-corrected chi connectivity index (χ4v) is 2.26. The highest BCUT2D eigenvalue weighted by Crippen LogP contribution is 2.31. The van der Waals surface area contributed by atoms with Crippen molar-refractivity contribution in [3.05, 3.63) is 47.3 Å². The molecule has 1 amide bonds. The van der Waals surface area contributed by atoms with E-state index in [1.54, 1.807) is 0 Å². The molecule has 2 rings (SSSR count). The van der Waals surface area contributed by atoms with Crippen molar-refractivity contribution in [3.8, 4) is 0 Å². The fraction of sp³-hybridized carbons (Fsp3) is 0.200. The number of nitrogens with zero attached hydrogens (tertiary/aromatic N) is 2. The van der Waals surface area contributed by atoms with E-state index in [0.717, 1.165) is 25.1 Å². The van der Waals surface area contributed by atoms with Gasteiger partial charge in [0.05, 0.1) is 23.9 Å². The van der Waals surface area contributed by atoms with Crippen LogP contribution in [0.3, 0.4) is 0 Å². The molecule has 0 saturated heterocycles. The van der Waals surface area contributed by atoms with E-state index in [0.29, 0.717) is 0 Å². The molecule has 10 heteroatoms. The van der Waals surface area contributed by atoms with Crippen molar-refractivity contribution in [2.75, 3.05) is 18.7 Å². The number of carbonyl (C=O) groups excluding carboxylic acids is 2. The highest BCUT2D eigenvalue weighted by atomic mass is 32.2. The van der Waals surface area contributed by atoms with Crippen LogP contribution in [0.4, 0.5) is 18.9 Å². The van der Waals surface area contributed by atoms with Gasteiger partial charge >= 0.3 is 12.1 Å². The zero-order valence-corrected chi connectivity index (χ0v) is 13.9. The number of anilines is 1. The summed E-state index contributed by atoms with van der Waals surface area (Å²) in [5, 5.41) is 2.15. The van der Waals surface area contributed by atoms with E-state index in [1.165, 1.54) is 30.5 Å². The Morgan fingerprint density at radius 2 is 1.88 bits per heavy atom. The summed E-state index contributed by atoms with van der Waals surface area (Å²) in [4.78, 5) is 31.1. The topological polar surface area (TPSA) is 81.2 Å². The maximum atomic E-state index is 13.2. The first-order chi connectivity index (χ1) is 11.8. The monoisotopic (exact) mass is 371 g/mol. The van der Waals surface area contributed by atoms with Crippen molar-refractivity contribution >= 4 is 29.3 Å². The smallest absolute Gasteiger partial charge is 0.434 e. The lowest BCUT2D eigenvalue weighted by molar-refractivity contribution is -0.142. The molecule has 1 aromatic carbocycles. The summed E-state index contributed by atoms with van der Waals surface area (Å²) in [6.07, 6.45) is -2.51. The fourth-order valence-electron chi connectivity index (χ4n) is 1.92. The average Bonchev–Trinajstić information content (AvgIpc) is 2.60. The number of hydrogen-bond donors (Lipinski definition) is 1. The number of methoxy groups -OCH3 is 1. The summed E-state index contributed by atoms with van der Waals surface area (Å²) >= 11 is 0.918. The van der Waals surface area contributed by atoms with Gasteiger partial charge in [-0.25, -0.2) is 14.8 Å². The van der Waals surface area contributed by atoms with Crippen molar-refractivity contribution in [3.63, 3.8) is 0 Å². The SMILES string of the molecule is COC(=O)c1ccccc1NC(=O)c1cnc(SC)nc1C(F)(F)F. The lowest BCUT2D eigenvalue weighted by Crippen LogP contribution is -2.22. The molecule has 0 radical (unpaired) electrons. The molecule has 0 bridgehead atoms. The van der Waals surface area contributed by atoms with Gasteiger partial charge in [0.25, 0.3) is 5.91 Å². The Balaban J connectivity index is 2.42. The van der Waals surface area contributed by atoms with E-state index in [-0.39, 0.29) is 16.4 Å². The van der Waals surface area contributed by atoms with Crippen LogP contribution in [0.2, 0.25) is 0 Å². The van der Waals surface area contributed by atoms with Crippen LogP contribution in [0.15, 0.2) is 35.6 Å². The third-order valence-electron chi connectivity index (χ3n) is 3.04. The molecular weight excluding hydrogens is 359 g/mol. The highest BCUT2D eigenvalue weighted by Gasteiger charge is 2.38. The number of carbonyl (C=O) groups is 2. The number of amides is 1. The van der Waals surface area contributed by atoms with Gasteiger partial charge in [0.2, 0.25) is 0 Å². The molecule has 2 aromatic rings. The van der Waals surface area contributed by atoms with Crippen LogP contribution in [0.1, 0.15) is 26.4 Å². The van der Waals surface area contributed by atoms with Gasteiger partial charge in [-0.1, -0.05) is 23.9 Å². The first kappa shape index (κ1) is 18.7. The zero-order valence-electron chi connectivity index (χ0n) is 13.0. The van der Waals surface area contributed by atoms with Gasteiger partial charge in [0, 0.05) is 6.20 Å². The Hall–Kier alpha value is -2.62. The first-order valence-electron chi connectivity index (χ1n) is 6.74. The third-order valence-corrected chi connectivity index (χ3v) is 3.60. The Labute approximate surface area is 144 Å². The highest BCUT2D eigenvalue weighted by molar-refractivity contribution is 7.98. The second-order valence-corrected chi connectivity index (χ2v) is 5.38. The molecule has 0 aliphatic heterocycles. The van der Waals surface area contributed by atoms with Gasteiger partial charge in [-0.05, 0) is 18.4 Å². The van der Waals surface area contributed by atoms with Gasteiger partial charge < -0.3 is 10.1 Å². The lowest BCUT2D eigenvalue weighted by Gasteiger charge is -2.13. The summed E-state index contributed by atoms with van der Waals surface area (Å²) in [5.41, 5.74) is -2.07. The first-order valence-corrected chi connectivity index (χ1v) is 7.97. The molecule has 0 aliphatic carbocycles. The van der Waals surface area contributed by atoms with Crippen molar-refractivity contribution in [1.29, 1.82) is 0 Å². The number of halogens is 3. The van der Waals surface area contributed by atoms with Gasteiger partial charge in [-0.3, -0.25) is 4.79 Å². The van der Waals surface area contributed by atoms with Gasteiger partial charge in [-0.2, -0.15) is 13.2 Å². The molecule has 0 unspecified atom stereocenters. The largest absolute Gasteiger partial charge is 0.465 e. The van der Waals surface area contributed by atoms with Crippen molar-refractivity contribution < 1.29 is 27.5 Å². The molecule has 1 heterocycles. The van der Waals surface area contributed by atoms with Gasteiger partial charge in [0.1, 0.15) is 0 Å². The molecule has 0 aliphatic rings. The summed E-state index contributed by atoms with van der Waals surface area (Å²) in [5.74, 6) is -1.82. The van der Waals surface area contributed by atoms with Crippen molar-refractivity contribution in [2.45, 2.75) is 11.3 Å². The number of nitrogens with one attached hydrogen (secondary N) is 1. The minimum atomic E-state index is -4.83. The van der Waals surface area contributed by atoms with E-state index in [4.69, 9.17) is 0 Å². The molecular formula is C15H12F3N3O3S. The second-order valence-electron chi connectivity index (χ2n) is 4.61. The van der Waals surface area contributed by atoms with Crippen LogP contribution in [-0.4, -0.2) is 35.2 Å². The summed E-state index contributed by atoms with van der Waals surface area (Å²) in [6.45, 7) is 0. The van der Waals surface area contributed by atoms with E-state index in [9.17, 15) is 22.8 Å². The minimum absolute atomic E-state index is 0.00793. The molecule has 1 N–H and O–H groups in total. The number of benzene rings is 1. The molecule has 0 fully saturated rings. The maximum Gasteiger partial charge on any atom is 0.434 e. The minimum Gasteiger partial charge on any atom is -0.465 e. The molecule has 0 spiro atoms. The quantitative estimate of drug-likeness (QED) is 0.505. The lowest BCUT2D eigenvalue weighted by atomic mass is 10.1. The van der Waals surface area contributed by atoms with Crippen molar-refractivity contribution in [1.82, 2.24) is 9.97 Å². The number of aromatic nitrogens is 2. The number of thioether (sulfide) groups is 1. The molecule has 6 nitrogen and oxygen atoms in total. The number of ether oxygens (including phenoxy) is 1. The number of alkyl halides is 3. The summed E-state index contributed by atoms with van der Waals surface area (Å²) in [7, 11) is 1.15. The standard InChI is InChI=1S/C15H12F3N3O3S/c1-24-13(23)8-5-3-4-6-10(8)20-12(22)9-7-19-14(25-2)21-11(9)15(16,17)18/h3-7H,1-2H3,(H,20,22). The van der Waals surface area contributed by atoms with Crippen LogP contribution in [-0.2, 0) is 10.9 Å². The van der Waals surface area contributed by atoms with Crippen molar-refractivity contribution in [2.24, 2.45) is 0 Å². The molecule has 1 aromatic heterocycles. The number of hydrogen-bond acceptors (Lipinski definition) is 6. The number of esters is 1. The van der Waals surface area contributed by atoms with Gasteiger partial charge in [-0.15, -0.1) is 0 Å². The predicted octanol–water partition coefficient (Wildman–Crippen LogP) is 3.26. The Morgan fingerprint density at radius 3 is 2.48 bits per heavy atom. The van der Waals surface area contributed by atoms with Gasteiger partial charge in [0.15, 0.2) is 10.9 Å². The third kappa shape index (κ3) is 4.27. The normalized spacial score (nSPS) is 11.1. The van der Waals surface area contributed by atoms with Crippen LogP contribution in [0.5, 0.6) is 0 Å². The summed E-state index contributed by atoms with van der Waals surface area (Å²) < 4.78 is 44.1. The van der Waals surface area contributed by atoms with Crippen LogP contribution < -0.4 is 5.32 Å². The molecule has 25 heavy (non-hydrogen) atoms. The Morgan fingerprint density at radius 1 is 1.20 bits per heavy atom. The molecule has 0 atom stereocenters. The van der Waals surface area contributed by atoms with E-state index in [1.807, 2.05) is 0 Å². The van der Waals surface area contributed by atoms with E-state index < -0.39 is 29.3 Å². The van der Waals surface area contributed by atoms with E-state index in [2.05, 4.69) is 20.0 Å². The second kappa shape index (κ2) is 7.51. The predicted molar refractivity (Wildman–Crippen MR) is 84.5 cm³/mol. The Kier molecular flexibility index (Phi) is 5.62. The average molecular weight is 371 g/mol. The molecule has 0 saturated carbocycles. The van der Waals surface area contributed by atoms with E-state index >= 15 is 0 Å². The maximum absolute atomic E-state index is 13.2. The van der Waals surface area contributed by atoms with Crippen LogP contribution in [0.25, 0.3) is 0 Å². The Bertz CT molecular complexity index is 812. The molecule has 132 valence electrons. The summed E-state index contributed by atoms with van der Waals surface area (Å²) in [6, 6.07) is 5.79. The number of rotatable bonds is 4. The van der Waals surface area contributed by atoms with Crippen LogP contribution in [0, 0.1) is 0 Å². The van der Waals surface area contributed by atoms with Crippen LogP contribution >= 0.6 is 11.8 Å². The zero-order chi connectivity index (χ0) is 18.6. The number of para-hydroxylation sites is 1.